The molecule has 0 aliphatic carbocycles. The standard InChI is InChI=1S/C10H11NO3/c12-10(13)6-9(7-11-14)8-4-2-1-3-5-8/h1-5,9H,6-7H2,(H,12,13). The molecule has 0 amide bonds. The van der Waals surface area contributed by atoms with Gasteiger partial charge in [-0.3, -0.25) is 4.79 Å². The van der Waals surface area contributed by atoms with Crippen molar-refractivity contribution in [2.24, 2.45) is 5.18 Å². The van der Waals surface area contributed by atoms with Gasteiger partial charge < -0.3 is 5.11 Å². The molecule has 74 valence electrons. The van der Waals surface area contributed by atoms with Crippen molar-refractivity contribution in [1.82, 2.24) is 0 Å². The van der Waals surface area contributed by atoms with Gasteiger partial charge in [0, 0.05) is 5.92 Å². The molecule has 1 atom stereocenters. The van der Waals surface area contributed by atoms with Crippen molar-refractivity contribution in [1.29, 1.82) is 0 Å². The van der Waals surface area contributed by atoms with Gasteiger partial charge in [-0.15, -0.1) is 0 Å². The van der Waals surface area contributed by atoms with Gasteiger partial charge in [0.05, 0.1) is 13.0 Å². The molecule has 1 rings (SSSR count). The first kappa shape index (κ1) is 10.4. The number of nitrogens with zero attached hydrogens (tertiary/aromatic N) is 1. The van der Waals surface area contributed by atoms with Crippen LogP contribution in [0, 0.1) is 4.91 Å². The van der Waals surface area contributed by atoms with Gasteiger partial charge in [-0.1, -0.05) is 35.5 Å². The minimum absolute atomic E-state index is 0.0102. The number of rotatable bonds is 5. The fraction of sp³-hybridized carbons (Fsp3) is 0.300. The van der Waals surface area contributed by atoms with Gasteiger partial charge in [-0.2, -0.15) is 4.91 Å². The molecule has 4 heteroatoms. The molecule has 0 spiro atoms. The molecule has 0 radical (unpaired) electrons. The third kappa shape index (κ3) is 2.97. The Balaban J connectivity index is 2.77. The third-order valence-electron chi connectivity index (χ3n) is 1.99. The lowest BCUT2D eigenvalue weighted by molar-refractivity contribution is -0.137. The van der Waals surface area contributed by atoms with Crippen LogP contribution in [-0.2, 0) is 4.79 Å². The van der Waals surface area contributed by atoms with Gasteiger partial charge >= 0.3 is 5.97 Å². The molecule has 0 saturated heterocycles. The Kier molecular flexibility index (Phi) is 3.79. The SMILES string of the molecule is O=NCC(CC(=O)O)c1ccccc1. The van der Waals surface area contributed by atoms with Crippen LogP contribution < -0.4 is 0 Å². The summed E-state index contributed by atoms with van der Waals surface area (Å²) in [4.78, 5) is 20.6. The second-order valence-electron chi connectivity index (χ2n) is 3.02. The highest BCUT2D eigenvalue weighted by Gasteiger charge is 2.15. The molecule has 0 fully saturated rings. The van der Waals surface area contributed by atoms with Gasteiger partial charge in [0.2, 0.25) is 0 Å². The molecular weight excluding hydrogens is 182 g/mol. The first-order valence-electron chi connectivity index (χ1n) is 4.30. The molecule has 0 bridgehead atoms. The Morgan fingerprint density at radius 3 is 2.50 bits per heavy atom. The molecule has 0 saturated carbocycles. The maximum atomic E-state index is 10.5. The lowest BCUT2D eigenvalue weighted by atomic mass is 9.96. The van der Waals surface area contributed by atoms with Crippen molar-refractivity contribution < 1.29 is 9.90 Å². The fourth-order valence-electron chi connectivity index (χ4n) is 1.31. The van der Waals surface area contributed by atoms with E-state index < -0.39 is 5.97 Å². The fourth-order valence-corrected chi connectivity index (χ4v) is 1.31. The molecule has 14 heavy (non-hydrogen) atoms. The summed E-state index contributed by atoms with van der Waals surface area (Å²) in [5, 5.41) is 11.4. The van der Waals surface area contributed by atoms with Crippen LogP contribution in [0.5, 0.6) is 0 Å². The zero-order valence-electron chi connectivity index (χ0n) is 7.59. The predicted octanol–water partition coefficient (Wildman–Crippen LogP) is 2.01. The van der Waals surface area contributed by atoms with Crippen LogP contribution in [0.4, 0.5) is 0 Å². The monoisotopic (exact) mass is 193 g/mol. The summed E-state index contributed by atoms with van der Waals surface area (Å²) in [5.41, 5.74) is 0.842. The smallest absolute Gasteiger partial charge is 0.304 e. The normalized spacial score (nSPS) is 12.0. The Hall–Kier alpha value is -1.71. The first-order valence-corrected chi connectivity index (χ1v) is 4.30. The number of hydrogen-bond acceptors (Lipinski definition) is 3. The number of carboxylic acid groups (broad SMARTS) is 1. The Labute approximate surface area is 81.5 Å². The number of nitroso groups, excluding NO2 is 1. The van der Waals surface area contributed by atoms with Crippen LogP contribution >= 0.6 is 0 Å². The highest BCUT2D eigenvalue weighted by Crippen LogP contribution is 2.19. The number of benzene rings is 1. The van der Waals surface area contributed by atoms with Gasteiger partial charge in [-0.25, -0.2) is 0 Å². The van der Waals surface area contributed by atoms with E-state index in [4.69, 9.17) is 5.11 Å². The molecule has 0 aromatic heterocycles. The Morgan fingerprint density at radius 1 is 1.36 bits per heavy atom. The van der Waals surface area contributed by atoms with E-state index in [1.165, 1.54) is 0 Å². The van der Waals surface area contributed by atoms with E-state index in [-0.39, 0.29) is 18.9 Å². The summed E-state index contributed by atoms with van der Waals surface area (Å²) in [6.07, 6.45) is -0.0598. The van der Waals surface area contributed by atoms with Crippen LogP contribution in [0.1, 0.15) is 17.9 Å². The summed E-state index contributed by atoms with van der Waals surface area (Å²) in [6.45, 7) is 0.0102. The van der Waals surface area contributed by atoms with Gasteiger partial charge in [0.1, 0.15) is 0 Å². The topological polar surface area (TPSA) is 66.7 Å². The minimum atomic E-state index is -0.914. The van der Waals surface area contributed by atoms with Crippen LogP contribution in [0.2, 0.25) is 0 Å². The van der Waals surface area contributed by atoms with Gasteiger partial charge in [-0.05, 0) is 5.56 Å². The molecule has 1 unspecified atom stereocenters. The highest BCUT2D eigenvalue weighted by molar-refractivity contribution is 5.68. The molecule has 4 nitrogen and oxygen atoms in total. The largest absolute Gasteiger partial charge is 0.481 e. The molecule has 0 heterocycles. The molecule has 1 aromatic carbocycles. The molecular formula is C10H11NO3. The van der Waals surface area contributed by atoms with E-state index in [9.17, 15) is 9.70 Å². The van der Waals surface area contributed by atoms with Gasteiger partial charge in [0.15, 0.2) is 0 Å². The first-order chi connectivity index (χ1) is 6.74. The van der Waals surface area contributed by atoms with E-state index in [0.29, 0.717) is 0 Å². The second-order valence-corrected chi connectivity index (χ2v) is 3.02. The molecule has 0 aliphatic rings. The Morgan fingerprint density at radius 2 is 2.00 bits per heavy atom. The lowest BCUT2D eigenvalue weighted by Gasteiger charge is -2.10. The van der Waals surface area contributed by atoms with Crippen molar-refractivity contribution in [2.75, 3.05) is 6.54 Å². The lowest BCUT2D eigenvalue weighted by Crippen LogP contribution is -2.08. The van der Waals surface area contributed by atoms with Crippen molar-refractivity contribution in [3.8, 4) is 0 Å². The van der Waals surface area contributed by atoms with E-state index in [1.54, 1.807) is 12.1 Å². The van der Waals surface area contributed by atoms with Crippen LogP contribution in [0.3, 0.4) is 0 Å². The minimum Gasteiger partial charge on any atom is -0.481 e. The zero-order valence-corrected chi connectivity index (χ0v) is 7.59. The average Bonchev–Trinajstić information content (AvgIpc) is 2.18. The summed E-state index contributed by atoms with van der Waals surface area (Å²) >= 11 is 0. The van der Waals surface area contributed by atoms with Crippen LogP contribution in [0.15, 0.2) is 35.5 Å². The quantitative estimate of drug-likeness (QED) is 0.727. The molecule has 1 aromatic rings. The number of hydrogen-bond donors (Lipinski definition) is 1. The average molecular weight is 193 g/mol. The van der Waals surface area contributed by atoms with Crippen molar-refractivity contribution in [3.05, 3.63) is 40.8 Å². The van der Waals surface area contributed by atoms with Crippen LogP contribution in [0.25, 0.3) is 0 Å². The van der Waals surface area contributed by atoms with Crippen LogP contribution in [-0.4, -0.2) is 17.6 Å². The predicted molar refractivity (Wildman–Crippen MR) is 52.1 cm³/mol. The van der Waals surface area contributed by atoms with Gasteiger partial charge in [0.25, 0.3) is 0 Å². The van der Waals surface area contributed by atoms with E-state index in [2.05, 4.69) is 5.18 Å². The molecule has 1 N–H and O–H groups in total. The van der Waals surface area contributed by atoms with E-state index >= 15 is 0 Å². The summed E-state index contributed by atoms with van der Waals surface area (Å²) in [7, 11) is 0. The summed E-state index contributed by atoms with van der Waals surface area (Å²) in [6, 6.07) is 9.08. The maximum absolute atomic E-state index is 10.5. The second kappa shape index (κ2) is 5.11. The maximum Gasteiger partial charge on any atom is 0.304 e. The van der Waals surface area contributed by atoms with Crippen molar-refractivity contribution in [2.45, 2.75) is 12.3 Å². The zero-order chi connectivity index (χ0) is 10.4. The van der Waals surface area contributed by atoms with E-state index in [0.717, 1.165) is 5.56 Å². The number of carboxylic acids is 1. The summed E-state index contributed by atoms with van der Waals surface area (Å²) < 4.78 is 0. The third-order valence-corrected chi connectivity index (χ3v) is 1.99. The van der Waals surface area contributed by atoms with E-state index in [1.807, 2.05) is 18.2 Å². The highest BCUT2D eigenvalue weighted by atomic mass is 16.4. The molecule has 0 aliphatic heterocycles. The Bertz CT molecular complexity index is 310. The summed E-state index contributed by atoms with van der Waals surface area (Å²) in [5.74, 6) is -1.23. The van der Waals surface area contributed by atoms with Crippen molar-refractivity contribution >= 4 is 5.97 Å². The van der Waals surface area contributed by atoms with Crippen molar-refractivity contribution in [3.63, 3.8) is 0 Å². The number of aliphatic carboxylic acids is 1. The number of carbonyl (C=O) groups is 1.